The van der Waals surface area contributed by atoms with Crippen molar-refractivity contribution in [3.05, 3.63) is 0 Å². The van der Waals surface area contributed by atoms with Gasteiger partial charge in [0.1, 0.15) is 5.60 Å². The summed E-state index contributed by atoms with van der Waals surface area (Å²) in [7, 11) is 0. The Morgan fingerprint density at radius 3 is 2.33 bits per heavy atom. The van der Waals surface area contributed by atoms with Crippen LogP contribution >= 0.6 is 0 Å². The lowest BCUT2D eigenvalue weighted by atomic mass is 9.80. The van der Waals surface area contributed by atoms with E-state index in [1.54, 1.807) is 4.90 Å². The third-order valence-electron chi connectivity index (χ3n) is 3.20. The standard InChI is InChI=1S/C13H25NO4/c1-11(2,3)18-10(16)14-7-6-13(17,9-15)8-12(14,4)5/h15,17H,6-9H2,1-5H3. The van der Waals surface area contributed by atoms with Crippen LogP contribution < -0.4 is 0 Å². The minimum absolute atomic E-state index is 0.279. The summed E-state index contributed by atoms with van der Waals surface area (Å²) in [5.74, 6) is 0. The van der Waals surface area contributed by atoms with Crippen LogP contribution in [0.15, 0.2) is 0 Å². The highest BCUT2D eigenvalue weighted by Gasteiger charge is 2.45. The van der Waals surface area contributed by atoms with E-state index >= 15 is 0 Å². The monoisotopic (exact) mass is 259 g/mol. The number of hydrogen-bond donors (Lipinski definition) is 2. The molecule has 1 rings (SSSR count). The number of aliphatic hydroxyl groups excluding tert-OH is 1. The molecule has 0 aromatic rings. The zero-order valence-electron chi connectivity index (χ0n) is 12.0. The number of ether oxygens (including phenoxy) is 1. The van der Waals surface area contributed by atoms with Gasteiger partial charge >= 0.3 is 6.09 Å². The summed E-state index contributed by atoms with van der Waals surface area (Å²) >= 11 is 0. The summed E-state index contributed by atoms with van der Waals surface area (Å²) in [5, 5.41) is 19.3. The molecule has 1 aliphatic heterocycles. The molecule has 1 saturated heterocycles. The van der Waals surface area contributed by atoms with Crippen molar-refractivity contribution in [2.75, 3.05) is 13.2 Å². The fourth-order valence-electron chi connectivity index (χ4n) is 2.40. The lowest BCUT2D eigenvalue weighted by Gasteiger charge is -2.48. The molecule has 0 saturated carbocycles. The molecular weight excluding hydrogens is 234 g/mol. The predicted molar refractivity (Wildman–Crippen MR) is 68.3 cm³/mol. The Balaban J connectivity index is 2.78. The van der Waals surface area contributed by atoms with E-state index in [0.29, 0.717) is 19.4 Å². The van der Waals surface area contributed by atoms with E-state index in [1.807, 2.05) is 34.6 Å². The summed E-state index contributed by atoms with van der Waals surface area (Å²) in [6, 6.07) is 0. The minimum Gasteiger partial charge on any atom is -0.444 e. The Morgan fingerprint density at radius 1 is 1.39 bits per heavy atom. The second-order valence-corrected chi connectivity index (χ2v) is 6.75. The number of likely N-dealkylation sites (tertiary alicyclic amines) is 1. The van der Waals surface area contributed by atoms with E-state index in [0.717, 1.165) is 0 Å². The Morgan fingerprint density at radius 2 is 1.94 bits per heavy atom. The summed E-state index contributed by atoms with van der Waals surface area (Å²) in [6.45, 7) is 9.33. The van der Waals surface area contributed by atoms with E-state index in [-0.39, 0.29) is 12.7 Å². The maximum atomic E-state index is 12.1. The molecule has 2 N–H and O–H groups in total. The van der Waals surface area contributed by atoms with Gasteiger partial charge in [0, 0.05) is 18.5 Å². The fourth-order valence-corrected chi connectivity index (χ4v) is 2.40. The van der Waals surface area contributed by atoms with Crippen LogP contribution in [0.1, 0.15) is 47.5 Å². The SMILES string of the molecule is CC(C)(C)OC(=O)N1CCC(O)(CO)CC1(C)C. The second-order valence-electron chi connectivity index (χ2n) is 6.75. The molecule has 1 unspecified atom stereocenters. The number of amides is 1. The first kappa shape index (κ1) is 15.2. The Kier molecular flexibility index (Phi) is 3.98. The van der Waals surface area contributed by atoms with Crippen molar-refractivity contribution in [2.24, 2.45) is 0 Å². The van der Waals surface area contributed by atoms with Crippen LogP contribution in [0.25, 0.3) is 0 Å². The number of rotatable bonds is 1. The molecule has 0 bridgehead atoms. The first-order valence-electron chi connectivity index (χ1n) is 6.33. The zero-order chi connectivity index (χ0) is 14.2. The highest BCUT2D eigenvalue weighted by molar-refractivity contribution is 5.69. The smallest absolute Gasteiger partial charge is 0.410 e. The van der Waals surface area contributed by atoms with E-state index in [1.165, 1.54) is 0 Å². The number of hydrogen-bond acceptors (Lipinski definition) is 4. The van der Waals surface area contributed by atoms with Gasteiger partial charge in [-0.25, -0.2) is 4.79 Å². The molecule has 0 aromatic carbocycles. The molecule has 1 fully saturated rings. The van der Waals surface area contributed by atoms with Crippen LogP contribution in [0.2, 0.25) is 0 Å². The van der Waals surface area contributed by atoms with E-state index < -0.39 is 16.7 Å². The van der Waals surface area contributed by atoms with Gasteiger partial charge in [-0.3, -0.25) is 0 Å². The molecule has 18 heavy (non-hydrogen) atoms. The van der Waals surface area contributed by atoms with Crippen molar-refractivity contribution in [1.29, 1.82) is 0 Å². The first-order valence-corrected chi connectivity index (χ1v) is 6.33. The molecule has 0 spiro atoms. The van der Waals surface area contributed by atoms with Gasteiger partial charge in [0.05, 0.1) is 12.2 Å². The minimum atomic E-state index is -1.10. The van der Waals surface area contributed by atoms with Crippen molar-refractivity contribution in [3.63, 3.8) is 0 Å². The maximum absolute atomic E-state index is 12.1. The molecular formula is C13H25NO4. The zero-order valence-corrected chi connectivity index (χ0v) is 12.0. The summed E-state index contributed by atoms with van der Waals surface area (Å²) < 4.78 is 5.36. The topological polar surface area (TPSA) is 70.0 Å². The molecule has 1 atom stereocenters. The summed E-state index contributed by atoms with van der Waals surface area (Å²) in [6.07, 6.45) is 0.342. The van der Waals surface area contributed by atoms with Crippen LogP contribution in [-0.4, -0.2) is 51.1 Å². The van der Waals surface area contributed by atoms with Gasteiger partial charge in [0.15, 0.2) is 0 Å². The van der Waals surface area contributed by atoms with E-state index in [4.69, 9.17) is 4.74 Å². The predicted octanol–water partition coefficient (Wildman–Crippen LogP) is 1.52. The fraction of sp³-hybridized carbons (Fsp3) is 0.923. The number of carbonyl (C=O) groups excluding carboxylic acids is 1. The molecule has 1 aliphatic rings. The Labute approximate surface area is 109 Å². The van der Waals surface area contributed by atoms with Crippen LogP contribution in [0.4, 0.5) is 4.79 Å². The van der Waals surface area contributed by atoms with Crippen molar-refractivity contribution in [1.82, 2.24) is 4.90 Å². The highest BCUT2D eigenvalue weighted by Crippen LogP contribution is 2.35. The third-order valence-corrected chi connectivity index (χ3v) is 3.20. The molecule has 5 nitrogen and oxygen atoms in total. The number of aliphatic hydroxyl groups is 2. The number of nitrogens with zero attached hydrogens (tertiary/aromatic N) is 1. The molecule has 1 heterocycles. The average molecular weight is 259 g/mol. The van der Waals surface area contributed by atoms with Gasteiger partial charge < -0.3 is 19.8 Å². The molecule has 0 radical (unpaired) electrons. The van der Waals surface area contributed by atoms with E-state index in [2.05, 4.69) is 0 Å². The molecule has 5 heteroatoms. The van der Waals surface area contributed by atoms with Gasteiger partial charge in [-0.05, 0) is 41.0 Å². The van der Waals surface area contributed by atoms with Gasteiger partial charge in [0.2, 0.25) is 0 Å². The number of carbonyl (C=O) groups is 1. The van der Waals surface area contributed by atoms with Crippen LogP contribution in [0, 0.1) is 0 Å². The highest BCUT2D eigenvalue weighted by atomic mass is 16.6. The lowest BCUT2D eigenvalue weighted by Crippen LogP contribution is -2.60. The third kappa shape index (κ3) is 3.59. The Hall–Kier alpha value is -0.810. The van der Waals surface area contributed by atoms with Crippen molar-refractivity contribution in [2.45, 2.75) is 64.2 Å². The van der Waals surface area contributed by atoms with Gasteiger partial charge in [-0.15, -0.1) is 0 Å². The Bertz CT molecular complexity index is 321. The lowest BCUT2D eigenvalue weighted by molar-refractivity contribution is -0.101. The number of piperidine rings is 1. The molecule has 0 aromatic heterocycles. The van der Waals surface area contributed by atoms with Crippen LogP contribution in [-0.2, 0) is 4.74 Å². The quantitative estimate of drug-likeness (QED) is 0.749. The van der Waals surface area contributed by atoms with E-state index in [9.17, 15) is 15.0 Å². The first-order chi connectivity index (χ1) is 7.99. The van der Waals surface area contributed by atoms with Crippen molar-refractivity contribution >= 4 is 6.09 Å². The van der Waals surface area contributed by atoms with Crippen molar-refractivity contribution < 1.29 is 19.7 Å². The molecule has 106 valence electrons. The largest absolute Gasteiger partial charge is 0.444 e. The van der Waals surface area contributed by atoms with Gasteiger partial charge in [-0.1, -0.05) is 0 Å². The summed E-state index contributed by atoms with van der Waals surface area (Å²) in [5.41, 5.74) is -2.15. The van der Waals surface area contributed by atoms with Gasteiger partial charge in [-0.2, -0.15) is 0 Å². The second kappa shape index (κ2) is 4.70. The summed E-state index contributed by atoms with van der Waals surface area (Å²) in [4.78, 5) is 13.7. The molecule has 0 aliphatic carbocycles. The van der Waals surface area contributed by atoms with Crippen LogP contribution in [0.5, 0.6) is 0 Å². The van der Waals surface area contributed by atoms with Crippen LogP contribution in [0.3, 0.4) is 0 Å². The molecule has 1 amide bonds. The average Bonchev–Trinajstić information content (AvgIpc) is 2.12. The normalized spacial score (nSPS) is 28.1. The van der Waals surface area contributed by atoms with Gasteiger partial charge in [0.25, 0.3) is 0 Å². The maximum Gasteiger partial charge on any atom is 0.410 e. The van der Waals surface area contributed by atoms with Crippen molar-refractivity contribution in [3.8, 4) is 0 Å².